The number of aryl methyl sites for hydroxylation is 1. The van der Waals surface area contributed by atoms with E-state index >= 15 is 0 Å². The zero-order valence-corrected chi connectivity index (χ0v) is 17.5. The molecule has 5 heteroatoms. The summed E-state index contributed by atoms with van der Waals surface area (Å²) in [5, 5.41) is 2.37. The monoisotopic (exact) mass is 438 g/mol. The highest BCUT2D eigenvalue weighted by atomic mass is 19.4. The van der Waals surface area contributed by atoms with E-state index in [0.717, 1.165) is 35.1 Å². The van der Waals surface area contributed by atoms with Gasteiger partial charge in [0, 0.05) is 0 Å². The third kappa shape index (κ3) is 5.10. The van der Waals surface area contributed by atoms with Gasteiger partial charge in [-0.15, -0.1) is 13.2 Å². The Bertz CT molecular complexity index is 1230. The molecule has 0 aliphatic carbocycles. The predicted molar refractivity (Wildman–Crippen MR) is 120 cm³/mol. The highest BCUT2D eigenvalue weighted by Crippen LogP contribution is 2.31. The number of unbranched alkanes of at least 4 members (excludes halogenated alkanes) is 1. The lowest BCUT2D eigenvalue weighted by Crippen LogP contribution is -2.17. The molecule has 0 bridgehead atoms. The SMILES string of the molecule is CCCCc1ccc2cc(-c3ccc(-c4ccc(OC(F)(F)F)c(F)c4)cc3)ccc2c1. The maximum absolute atomic E-state index is 14.0. The van der Waals surface area contributed by atoms with E-state index < -0.39 is 17.9 Å². The van der Waals surface area contributed by atoms with E-state index in [4.69, 9.17) is 0 Å². The molecule has 0 saturated carbocycles. The summed E-state index contributed by atoms with van der Waals surface area (Å²) >= 11 is 0. The molecule has 0 aliphatic rings. The molecule has 0 N–H and O–H groups in total. The van der Waals surface area contributed by atoms with E-state index in [9.17, 15) is 17.6 Å². The van der Waals surface area contributed by atoms with Gasteiger partial charge in [-0.2, -0.15) is 0 Å². The Balaban J connectivity index is 1.55. The van der Waals surface area contributed by atoms with Crippen LogP contribution in [0, 0.1) is 5.82 Å². The molecule has 0 aliphatic heterocycles. The van der Waals surface area contributed by atoms with Crippen molar-refractivity contribution in [2.45, 2.75) is 32.5 Å². The molecule has 0 spiro atoms. The Morgan fingerprint density at radius 3 is 1.88 bits per heavy atom. The van der Waals surface area contributed by atoms with Crippen molar-refractivity contribution in [2.24, 2.45) is 0 Å². The van der Waals surface area contributed by atoms with Crippen molar-refractivity contribution in [1.82, 2.24) is 0 Å². The summed E-state index contributed by atoms with van der Waals surface area (Å²) in [5.41, 5.74) is 4.58. The van der Waals surface area contributed by atoms with Gasteiger partial charge in [0.15, 0.2) is 11.6 Å². The lowest BCUT2D eigenvalue weighted by molar-refractivity contribution is -0.275. The molecule has 0 radical (unpaired) electrons. The molecule has 0 fully saturated rings. The minimum atomic E-state index is -4.93. The van der Waals surface area contributed by atoms with E-state index in [1.165, 1.54) is 29.9 Å². The van der Waals surface area contributed by atoms with Crippen LogP contribution in [-0.2, 0) is 6.42 Å². The number of halogens is 4. The van der Waals surface area contributed by atoms with E-state index in [2.05, 4.69) is 48.1 Å². The lowest BCUT2D eigenvalue weighted by atomic mass is 9.97. The van der Waals surface area contributed by atoms with Gasteiger partial charge in [-0.05, 0) is 69.6 Å². The van der Waals surface area contributed by atoms with Gasteiger partial charge >= 0.3 is 6.36 Å². The molecule has 0 heterocycles. The second-order valence-corrected chi connectivity index (χ2v) is 7.77. The molecular weight excluding hydrogens is 416 g/mol. The molecule has 32 heavy (non-hydrogen) atoms. The van der Waals surface area contributed by atoms with Gasteiger partial charge in [-0.3, -0.25) is 0 Å². The average Bonchev–Trinajstić information content (AvgIpc) is 2.78. The van der Waals surface area contributed by atoms with E-state index in [1.807, 2.05) is 24.3 Å². The second-order valence-electron chi connectivity index (χ2n) is 7.77. The number of ether oxygens (including phenoxy) is 1. The van der Waals surface area contributed by atoms with Crippen LogP contribution in [0.25, 0.3) is 33.0 Å². The van der Waals surface area contributed by atoms with Crippen molar-refractivity contribution in [3.63, 3.8) is 0 Å². The van der Waals surface area contributed by atoms with Crippen LogP contribution < -0.4 is 4.74 Å². The Hall–Kier alpha value is -3.34. The fourth-order valence-corrected chi connectivity index (χ4v) is 3.75. The highest BCUT2D eigenvalue weighted by Gasteiger charge is 2.32. The molecule has 1 nitrogen and oxygen atoms in total. The highest BCUT2D eigenvalue weighted by molar-refractivity contribution is 5.88. The lowest BCUT2D eigenvalue weighted by Gasteiger charge is -2.11. The zero-order valence-electron chi connectivity index (χ0n) is 17.5. The van der Waals surface area contributed by atoms with Crippen LogP contribution in [0.15, 0.2) is 78.9 Å². The summed E-state index contributed by atoms with van der Waals surface area (Å²) < 4.78 is 54.7. The van der Waals surface area contributed by atoms with Gasteiger partial charge in [0.1, 0.15) is 0 Å². The fraction of sp³-hybridized carbons (Fsp3) is 0.185. The van der Waals surface area contributed by atoms with Gasteiger partial charge in [-0.25, -0.2) is 4.39 Å². The summed E-state index contributed by atoms with van der Waals surface area (Å²) in [6.45, 7) is 2.19. The van der Waals surface area contributed by atoms with Gasteiger partial charge in [0.05, 0.1) is 0 Å². The standard InChI is InChI=1S/C27H22F4O/c1-2-3-4-18-5-6-23-16-22(12-11-21(23)15-18)19-7-9-20(10-8-19)24-13-14-26(25(28)17-24)32-27(29,30)31/h5-17H,2-4H2,1H3. The van der Waals surface area contributed by atoms with Crippen molar-refractivity contribution >= 4 is 10.8 Å². The van der Waals surface area contributed by atoms with Crippen LogP contribution in [0.1, 0.15) is 25.3 Å². The van der Waals surface area contributed by atoms with E-state index in [0.29, 0.717) is 11.1 Å². The van der Waals surface area contributed by atoms with Gasteiger partial charge in [0.2, 0.25) is 0 Å². The van der Waals surface area contributed by atoms with Gasteiger partial charge in [-0.1, -0.05) is 74.0 Å². The average molecular weight is 438 g/mol. The molecule has 4 aromatic carbocycles. The number of hydrogen-bond acceptors (Lipinski definition) is 1. The molecule has 0 saturated heterocycles. The minimum absolute atomic E-state index is 0.474. The third-order valence-corrected chi connectivity index (χ3v) is 5.43. The summed E-state index contributed by atoms with van der Waals surface area (Å²) in [6.07, 6.45) is -1.50. The zero-order chi connectivity index (χ0) is 22.7. The van der Waals surface area contributed by atoms with E-state index in [1.54, 1.807) is 0 Å². The van der Waals surface area contributed by atoms with Crippen molar-refractivity contribution in [3.05, 3.63) is 90.2 Å². The predicted octanol–water partition coefficient (Wildman–Crippen LogP) is 8.55. The molecular formula is C27H22F4O. The first kappa shape index (κ1) is 21.9. The van der Waals surface area contributed by atoms with Crippen molar-refractivity contribution in [1.29, 1.82) is 0 Å². The molecule has 4 aromatic rings. The Labute approximate surface area is 184 Å². The smallest absolute Gasteiger partial charge is 0.403 e. The number of hydrogen-bond donors (Lipinski definition) is 0. The first-order chi connectivity index (χ1) is 15.3. The van der Waals surface area contributed by atoms with Gasteiger partial charge in [0.25, 0.3) is 0 Å². The van der Waals surface area contributed by atoms with Crippen LogP contribution >= 0.6 is 0 Å². The summed E-state index contributed by atoms with van der Waals surface area (Å²) in [4.78, 5) is 0. The summed E-state index contributed by atoms with van der Waals surface area (Å²) in [7, 11) is 0. The Morgan fingerprint density at radius 2 is 1.25 bits per heavy atom. The summed E-state index contributed by atoms with van der Waals surface area (Å²) in [6, 6.07) is 23.8. The molecule has 0 aromatic heterocycles. The molecule has 0 unspecified atom stereocenters. The van der Waals surface area contributed by atoms with Crippen molar-refractivity contribution < 1.29 is 22.3 Å². The van der Waals surface area contributed by atoms with Crippen LogP contribution in [0.4, 0.5) is 17.6 Å². The Morgan fingerprint density at radius 1 is 0.688 bits per heavy atom. The van der Waals surface area contributed by atoms with Crippen LogP contribution in [0.3, 0.4) is 0 Å². The molecule has 0 atom stereocenters. The topological polar surface area (TPSA) is 9.23 Å². The second kappa shape index (κ2) is 9.03. The maximum atomic E-state index is 14.0. The normalized spacial score (nSPS) is 11.7. The number of alkyl halides is 3. The van der Waals surface area contributed by atoms with E-state index in [-0.39, 0.29) is 0 Å². The van der Waals surface area contributed by atoms with Crippen molar-refractivity contribution in [3.8, 4) is 28.0 Å². The van der Waals surface area contributed by atoms with Crippen LogP contribution in [0.2, 0.25) is 0 Å². The largest absolute Gasteiger partial charge is 0.573 e. The first-order valence-electron chi connectivity index (χ1n) is 10.5. The van der Waals surface area contributed by atoms with Gasteiger partial charge < -0.3 is 4.74 Å². The Kier molecular flexibility index (Phi) is 6.17. The first-order valence-corrected chi connectivity index (χ1v) is 10.5. The van der Waals surface area contributed by atoms with Crippen molar-refractivity contribution in [2.75, 3.05) is 0 Å². The molecule has 4 rings (SSSR count). The molecule has 164 valence electrons. The fourth-order valence-electron chi connectivity index (χ4n) is 3.75. The number of rotatable bonds is 6. The number of fused-ring (bicyclic) bond motifs is 1. The minimum Gasteiger partial charge on any atom is -0.403 e. The van der Waals surface area contributed by atoms with Crippen LogP contribution in [-0.4, -0.2) is 6.36 Å². The molecule has 0 amide bonds. The maximum Gasteiger partial charge on any atom is 0.573 e. The summed E-state index contributed by atoms with van der Waals surface area (Å²) in [5.74, 6) is -1.90. The number of benzene rings is 4. The quantitative estimate of drug-likeness (QED) is 0.274. The third-order valence-electron chi connectivity index (χ3n) is 5.43. The van der Waals surface area contributed by atoms with Crippen LogP contribution in [0.5, 0.6) is 5.75 Å².